The van der Waals surface area contributed by atoms with Gasteiger partial charge in [0.2, 0.25) is 0 Å². The third kappa shape index (κ3) is 2.51. The van der Waals surface area contributed by atoms with E-state index in [4.69, 9.17) is 4.84 Å². The topological polar surface area (TPSA) is 46.6 Å². The molecule has 94 valence electrons. The van der Waals surface area contributed by atoms with Gasteiger partial charge in [0, 0.05) is 6.54 Å². The Labute approximate surface area is 102 Å². The Bertz CT molecular complexity index is 504. The minimum atomic E-state index is -3.50. The Balaban J connectivity index is 2.37. The summed E-state index contributed by atoms with van der Waals surface area (Å²) in [5.74, 6) is 0. The van der Waals surface area contributed by atoms with E-state index in [0.717, 1.165) is 28.4 Å². The number of sulfonamides is 1. The fraction of sp³-hybridized carbons (Fsp3) is 0.500. The van der Waals surface area contributed by atoms with Gasteiger partial charge in [-0.25, -0.2) is 8.42 Å². The number of hydrogen-bond donors (Lipinski definition) is 0. The first-order valence-electron chi connectivity index (χ1n) is 5.75. The van der Waals surface area contributed by atoms with Crippen molar-refractivity contribution in [1.82, 2.24) is 4.47 Å². The molecule has 0 unspecified atom stereocenters. The summed E-state index contributed by atoms with van der Waals surface area (Å²) in [7, 11) is -3.50. The highest BCUT2D eigenvalue weighted by Crippen LogP contribution is 2.23. The van der Waals surface area contributed by atoms with E-state index in [1.54, 1.807) is 6.07 Å². The van der Waals surface area contributed by atoms with Gasteiger partial charge in [0.1, 0.15) is 0 Å². The minimum absolute atomic E-state index is 0.338. The standard InChI is InChI=1S/C12H17NO3S/c1-10-5-6-12(11(2)9-10)17(14,15)13-7-3-4-8-16-13/h5-6,9H,3-4,7-8H2,1-2H3. The molecule has 1 heterocycles. The Morgan fingerprint density at radius 2 is 2.00 bits per heavy atom. The number of benzene rings is 1. The van der Waals surface area contributed by atoms with Crippen molar-refractivity contribution in [3.8, 4) is 0 Å². The number of aryl methyl sites for hydroxylation is 2. The van der Waals surface area contributed by atoms with Gasteiger partial charge in [0.05, 0.1) is 11.5 Å². The lowest BCUT2D eigenvalue weighted by atomic mass is 10.2. The normalized spacial score (nSPS) is 18.2. The molecule has 0 bridgehead atoms. The van der Waals surface area contributed by atoms with Gasteiger partial charge in [-0.05, 0) is 38.3 Å². The molecule has 1 aliphatic heterocycles. The van der Waals surface area contributed by atoms with E-state index in [0.29, 0.717) is 18.0 Å². The summed E-state index contributed by atoms with van der Waals surface area (Å²) in [4.78, 5) is 5.57. The zero-order chi connectivity index (χ0) is 12.5. The summed E-state index contributed by atoms with van der Waals surface area (Å²) in [6, 6.07) is 5.33. The molecule has 5 heteroatoms. The van der Waals surface area contributed by atoms with Crippen molar-refractivity contribution in [3.05, 3.63) is 29.3 Å². The molecule has 1 saturated heterocycles. The first-order valence-corrected chi connectivity index (χ1v) is 7.19. The Kier molecular flexibility index (Phi) is 3.51. The summed E-state index contributed by atoms with van der Waals surface area (Å²) >= 11 is 0. The van der Waals surface area contributed by atoms with Crippen LogP contribution in [0.1, 0.15) is 24.0 Å². The van der Waals surface area contributed by atoms with Gasteiger partial charge in [0.15, 0.2) is 0 Å². The average molecular weight is 255 g/mol. The number of hydrogen-bond acceptors (Lipinski definition) is 3. The highest BCUT2D eigenvalue weighted by Gasteiger charge is 2.28. The van der Waals surface area contributed by atoms with Crippen LogP contribution >= 0.6 is 0 Å². The van der Waals surface area contributed by atoms with Crippen molar-refractivity contribution in [2.24, 2.45) is 0 Å². The molecular formula is C12H17NO3S. The van der Waals surface area contributed by atoms with E-state index in [2.05, 4.69) is 0 Å². The van der Waals surface area contributed by atoms with E-state index in [-0.39, 0.29) is 0 Å². The molecule has 1 fully saturated rings. The summed E-state index contributed by atoms with van der Waals surface area (Å²) in [5, 5.41) is 0. The SMILES string of the molecule is Cc1ccc(S(=O)(=O)N2CCCCO2)c(C)c1. The zero-order valence-corrected chi connectivity index (χ0v) is 11.0. The number of rotatable bonds is 2. The average Bonchev–Trinajstić information content (AvgIpc) is 2.29. The largest absolute Gasteiger partial charge is 0.284 e. The van der Waals surface area contributed by atoms with Gasteiger partial charge in [-0.1, -0.05) is 22.2 Å². The quantitative estimate of drug-likeness (QED) is 0.812. The molecule has 0 amide bonds. The summed E-state index contributed by atoms with van der Waals surface area (Å²) in [6.45, 7) is 4.67. The number of hydroxylamine groups is 1. The lowest BCUT2D eigenvalue weighted by molar-refractivity contribution is -0.108. The van der Waals surface area contributed by atoms with Crippen LogP contribution in [-0.2, 0) is 14.9 Å². The maximum Gasteiger partial charge on any atom is 0.265 e. The molecule has 0 radical (unpaired) electrons. The van der Waals surface area contributed by atoms with Gasteiger partial charge in [0.25, 0.3) is 10.0 Å². The van der Waals surface area contributed by atoms with E-state index in [1.807, 2.05) is 26.0 Å². The highest BCUT2D eigenvalue weighted by atomic mass is 32.2. The van der Waals surface area contributed by atoms with Crippen LogP contribution in [0.2, 0.25) is 0 Å². The molecule has 1 aromatic carbocycles. The van der Waals surface area contributed by atoms with Crippen molar-refractivity contribution < 1.29 is 13.3 Å². The summed E-state index contributed by atoms with van der Waals surface area (Å²) in [6.07, 6.45) is 1.77. The molecule has 1 aliphatic rings. The second-order valence-electron chi connectivity index (χ2n) is 4.34. The van der Waals surface area contributed by atoms with E-state index in [1.165, 1.54) is 0 Å². The molecule has 0 saturated carbocycles. The van der Waals surface area contributed by atoms with Gasteiger partial charge >= 0.3 is 0 Å². The predicted octanol–water partition coefficient (Wildman–Crippen LogP) is 2.02. The van der Waals surface area contributed by atoms with E-state index >= 15 is 0 Å². The van der Waals surface area contributed by atoms with Crippen molar-refractivity contribution >= 4 is 10.0 Å². The van der Waals surface area contributed by atoms with Crippen molar-refractivity contribution in [2.45, 2.75) is 31.6 Å². The Morgan fingerprint density at radius 1 is 1.24 bits per heavy atom. The molecule has 0 aromatic heterocycles. The van der Waals surface area contributed by atoms with Crippen LogP contribution in [0.25, 0.3) is 0 Å². The molecule has 0 spiro atoms. The van der Waals surface area contributed by atoms with Gasteiger partial charge in [-0.15, -0.1) is 0 Å². The van der Waals surface area contributed by atoms with Gasteiger partial charge < -0.3 is 0 Å². The van der Waals surface area contributed by atoms with Crippen molar-refractivity contribution in [1.29, 1.82) is 0 Å². The Hall–Kier alpha value is -0.910. The molecule has 4 nitrogen and oxygen atoms in total. The van der Waals surface area contributed by atoms with Crippen LogP contribution < -0.4 is 0 Å². The molecule has 2 rings (SSSR count). The van der Waals surface area contributed by atoms with Crippen LogP contribution in [0.4, 0.5) is 0 Å². The second-order valence-corrected chi connectivity index (χ2v) is 6.14. The van der Waals surface area contributed by atoms with Crippen molar-refractivity contribution in [3.63, 3.8) is 0 Å². The van der Waals surface area contributed by atoms with Crippen molar-refractivity contribution in [2.75, 3.05) is 13.2 Å². The summed E-state index contributed by atoms with van der Waals surface area (Å²) < 4.78 is 25.8. The highest BCUT2D eigenvalue weighted by molar-refractivity contribution is 7.89. The fourth-order valence-electron chi connectivity index (χ4n) is 1.96. The monoisotopic (exact) mass is 255 g/mol. The smallest absolute Gasteiger partial charge is 0.265 e. The molecule has 0 aliphatic carbocycles. The number of nitrogens with zero attached hydrogens (tertiary/aromatic N) is 1. The van der Waals surface area contributed by atoms with Crippen LogP contribution in [-0.4, -0.2) is 26.0 Å². The first kappa shape index (κ1) is 12.5. The van der Waals surface area contributed by atoms with E-state index < -0.39 is 10.0 Å². The maximum absolute atomic E-state index is 12.3. The summed E-state index contributed by atoms with van der Waals surface area (Å²) in [5.41, 5.74) is 1.82. The predicted molar refractivity (Wildman–Crippen MR) is 65.0 cm³/mol. The van der Waals surface area contributed by atoms with Crippen LogP contribution in [0.15, 0.2) is 23.1 Å². The van der Waals surface area contributed by atoms with Gasteiger partial charge in [-0.3, -0.25) is 4.84 Å². The third-order valence-electron chi connectivity index (χ3n) is 2.85. The minimum Gasteiger partial charge on any atom is -0.284 e. The zero-order valence-electron chi connectivity index (χ0n) is 10.1. The second kappa shape index (κ2) is 4.76. The van der Waals surface area contributed by atoms with Gasteiger partial charge in [-0.2, -0.15) is 0 Å². The molecular weight excluding hydrogens is 238 g/mol. The fourth-order valence-corrected chi connectivity index (χ4v) is 3.47. The van der Waals surface area contributed by atoms with Crippen LogP contribution in [0, 0.1) is 13.8 Å². The van der Waals surface area contributed by atoms with Crippen LogP contribution in [0.3, 0.4) is 0 Å². The molecule has 1 aromatic rings. The molecule has 0 atom stereocenters. The third-order valence-corrected chi connectivity index (χ3v) is 4.68. The maximum atomic E-state index is 12.3. The first-order chi connectivity index (χ1) is 8.01. The molecule has 17 heavy (non-hydrogen) atoms. The Morgan fingerprint density at radius 3 is 2.59 bits per heavy atom. The van der Waals surface area contributed by atoms with E-state index in [9.17, 15) is 8.42 Å². The molecule has 0 N–H and O–H groups in total. The lowest BCUT2D eigenvalue weighted by Crippen LogP contribution is -2.36. The lowest BCUT2D eigenvalue weighted by Gasteiger charge is -2.25. The van der Waals surface area contributed by atoms with Crippen LogP contribution in [0.5, 0.6) is 0 Å².